The summed E-state index contributed by atoms with van der Waals surface area (Å²) >= 11 is 0. The molecule has 0 aliphatic heterocycles. The van der Waals surface area contributed by atoms with Crippen molar-refractivity contribution in [2.75, 3.05) is 0 Å². The number of hydrogen-bond donors (Lipinski definition) is 0. The second-order valence-corrected chi connectivity index (χ2v) is 7.70. The molecule has 0 fully saturated rings. The van der Waals surface area contributed by atoms with Gasteiger partial charge in [-0.25, -0.2) is 14.4 Å². The summed E-state index contributed by atoms with van der Waals surface area (Å²) in [6.45, 7) is 19.2. The molecule has 29 heavy (non-hydrogen) atoms. The van der Waals surface area contributed by atoms with E-state index in [1.165, 1.54) is 41.5 Å². The number of carbonyl (C=O) groups is 3. The minimum atomic E-state index is -1.79. The van der Waals surface area contributed by atoms with E-state index >= 15 is 0 Å². The van der Waals surface area contributed by atoms with Gasteiger partial charge in [-0.2, -0.15) is 0 Å². The fraction of sp³-hybridized carbons (Fsp3) is 0.526. The van der Waals surface area contributed by atoms with Gasteiger partial charge in [-0.1, -0.05) is 19.7 Å². The summed E-state index contributed by atoms with van der Waals surface area (Å²) in [6, 6.07) is 0. The van der Waals surface area contributed by atoms with Gasteiger partial charge in [0.25, 0.3) is 5.60 Å². The van der Waals surface area contributed by atoms with Crippen molar-refractivity contribution in [3.05, 3.63) is 36.5 Å². The van der Waals surface area contributed by atoms with Crippen LogP contribution < -0.4 is 0 Å². The molecule has 0 aliphatic rings. The van der Waals surface area contributed by atoms with Crippen LogP contribution in [0.3, 0.4) is 0 Å². The first-order valence-corrected chi connectivity index (χ1v) is 9.79. The van der Waals surface area contributed by atoms with Gasteiger partial charge in [-0.15, -0.1) is 0 Å². The van der Waals surface area contributed by atoms with Crippen molar-refractivity contribution in [1.29, 1.82) is 0 Å². The average Bonchev–Trinajstić information content (AvgIpc) is 2.52. The van der Waals surface area contributed by atoms with Crippen LogP contribution in [0, 0.1) is 0 Å². The molecule has 9 nitrogen and oxygen atoms in total. The lowest BCUT2D eigenvalue weighted by Crippen LogP contribution is -2.48. The summed E-state index contributed by atoms with van der Waals surface area (Å²) in [5, 5.41) is 0. The number of rotatable bonds is 12. The van der Waals surface area contributed by atoms with Gasteiger partial charge in [0.05, 0.1) is 0 Å². The average molecular weight is 431 g/mol. The lowest BCUT2D eigenvalue weighted by atomic mass is 10.4. The quantitative estimate of drug-likeness (QED) is 0.149. The molecule has 0 N–H and O–H groups in total. The highest BCUT2D eigenvalue weighted by Crippen LogP contribution is 2.21. The first-order valence-electron chi connectivity index (χ1n) is 8.79. The van der Waals surface area contributed by atoms with Crippen LogP contribution in [0.15, 0.2) is 36.5 Å². The van der Waals surface area contributed by atoms with E-state index in [1.807, 2.05) is 0 Å². The summed E-state index contributed by atoms with van der Waals surface area (Å²) in [5.41, 5.74) is -1.27. The smallest absolute Gasteiger partial charge is 0.335 e. The number of hydrogen-bond acceptors (Lipinski definition) is 9. The molecule has 164 valence electrons. The Labute approximate surface area is 174 Å². The van der Waals surface area contributed by atoms with Crippen molar-refractivity contribution >= 4 is 28.2 Å². The molecule has 0 aromatic heterocycles. The van der Waals surface area contributed by atoms with Crippen LogP contribution in [0.4, 0.5) is 0 Å². The van der Waals surface area contributed by atoms with Gasteiger partial charge >= 0.3 is 17.9 Å². The molecular weight excluding hydrogens is 400 g/mol. The molecule has 0 aliphatic carbocycles. The van der Waals surface area contributed by atoms with Gasteiger partial charge in [0.1, 0.15) is 10.2 Å². The van der Waals surface area contributed by atoms with Crippen LogP contribution in [0.25, 0.3) is 0 Å². The Morgan fingerprint density at radius 1 is 0.655 bits per heavy atom. The SMILES string of the molecule is C=C(C)C(=O)OC(C)OC([SiH3])(OC(C)OC(=O)C(=C)C)OC(C)OC(=O)C(=C)C. The lowest BCUT2D eigenvalue weighted by molar-refractivity contribution is -0.416. The number of esters is 3. The Kier molecular flexibility index (Phi) is 10.7. The van der Waals surface area contributed by atoms with E-state index in [2.05, 4.69) is 19.7 Å². The summed E-state index contributed by atoms with van der Waals surface area (Å²) in [5.74, 6) is -2.03. The summed E-state index contributed by atoms with van der Waals surface area (Å²) in [7, 11) is 0.0442. The van der Waals surface area contributed by atoms with E-state index < -0.39 is 42.4 Å². The zero-order valence-electron chi connectivity index (χ0n) is 18.0. The zero-order valence-corrected chi connectivity index (χ0v) is 20.0. The monoisotopic (exact) mass is 430 g/mol. The fourth-order valence-electron chi connectivity index (χ4n) is 1.81. The molecule has 0 radical (unpaired) electrons. The second kappa shape index (κ2) is 11.7. The number of ether oxygens (including phenoxy) is 6. The van der Waals surface area contributed by atoms with E-state index in [0.717, 1.165) is 0 Å². The third kappa shape index (κ3) is 10.7. The Hall–Kier alpha value is -2.27. The van der Waals surface area contributed by atoms with E-state index in [0.29, 0.717) is 0 Å². The van der Waals surface area contributed by atoms with E-state index in [4.69, 9.17) is 28.4 Å². The summed E-state index contributed by atoms with van der Waals surface area (Å²) in [4.78, 5) is 35.1. The molecular formula is C19H30O9Si. The standard InChI is InChI=1S/C19H30O9Si/c1-10(2)16(20)23-13(7)26-19(29,27-14(8)24-17(21)11(3)4)28-15(9)25-18(22)12(5)6/h13-15H,1,3,5H2,2,4,6-9,29H3. The predicted octanol–water partition coefficient (Wildman–Crippen LogP) is 1.41. The minimum absolute atomic E-state index is 0.0442. The second-order valence-electron chi connectivity index (χ2n) is 6.48. The van der Waals surface area contributed by atoms with Crippen molar-refractivity contribution in [2.45, 2.75) is 66.0 Å². The summed E-state index contributed by atoms with van der Waals surface area (Å²) in [6.07, 6.45) is -3.32. The van der Waals surface area contributed by atoms with Gasteiger partial charge in [-0.3, -0.25) is 14.2 Å². The van der Waals surface area contributed by atoms with Gasteiger partial charge in [0, 0.05) is 16.7 Å². The molecule has 0 heterocycles. The molecule has 10 heteroatoms. The largest absolute Gasteiger partial charge is 0.433 e. The maximum atomic E-state index is 11.7. The minimum Gasteiger partial charge on any atom is -0.433 e. The Morgan fingerprint density at radius 3 is 1.03 bits per heavy atom. The van der Waals surface area contributed by atoms with E-state index in [-0.39, 0.29) is 27.0 Å². The molecule has 3 unspecified atom stereocenters. The third-order valence-electron chi connectivity index (χ3n) is 3.00. The maximum Gasteiger partial charge on any atom is 0.335 e. The molecule has 0 aromatic rings. The molecule has 0 bridgehead atoms. The molecule has 0 rings (SSSR count). The molecule has 0 saturated heterocycles. The Bertz CT molecular complexity index is 582. The zero-order chi connectivity index (χ0) is 22.9. The molecule has 0 aromatic carbocycles. The van der Waals surface area contributed by atoms with Crippen LogP contribution in [0.2, 0.25) is 0 Å². The van der Waals surface area contributed by atoms with Crippen LogP contribution >= 0.6 is 0 Å². The lowest BCUT2D eigenvalue weighted by Gasteiger charge is -2.35. The van der Waals surface area contributed by atoms with Gasteiger partial charge in [0.15, 0.2) is 0 Å². The third-order valence-corrected chi connectivity index (χ3v) is 3.71. The number of carbonyl (C=O) groups excluding carboxylic acids is 3. The van der Waals surface area contributed by atoms with Crippen LogP contribution in [-0.4, -0.2) is 52.6 Å². The van der Waals surface area contributed by atoms with Crippen molar-refractivity contribution in [2.24, 2.45) is 0 Å². The van der Waals surface area contributed by atoms with Crippen molar-refractivity contribution in [1.82, 2.24) is 0 Å². The Balaban J connectivity index is 5.32. The maximum absolute atomic E-state index is 11.7. The molecule has 0 saturated carbocycles. The van der Waals surface area contributed by atoms with Crippen molar-refractivity contribution in [3.63, 3.8) is 0 Å². The van der Waals surface area contributed by atoms with E-state index in [1.54, 1.807) is 0 Å². The highest BCUT2D eigenvalue weighted by atomic mass is 28.1. The topological polar surface area (TPSA) is 107 Å². The van der Waals surface area contributed by atoms with Gasteiger partial charge in [-0.05, 0) is 41.5 Å². The van der Waals surface area contributed by atoms with Gasteiger partial charge < -0.3 is 14.2 Å². The highest BCUT2D eigenvalue weighted by molar-refractivity contribution is 6.12. The van der Waals surface area contributed by atoms with Crippen LogP contribution in [-0.2, 0) is 42.8 Å². The summed E-state index contributed by atoms with van der Waals surface area (Å²) < 4.78 is 32.0. The van der Waals surface area contributed by atoms with Crippen LogP contribution in [0.5, 0.6) is 0 Å². The fourth-order valence-corrected chi connectivity index (χ4v) is 2.81. The Morgan fingerprint density at radius 2 is 0.862 bits per heavy atom. The predicted molar refractivity (Wildman–Crippen MR) is 107 cm³/mol. The molecule has 0 spiro atoms. The van der Waals surface area contributed by atoms with Gasteiger partial charge in [0.2, 0.25) is 18.9 Å². The first-order chi connectivity index (χ1) is 13.2. The van der Waals surface area contributed by atoms with Crippen LogP contribution in [0.1, 0.15) is 41.5 Å². The van der Waals surface area contributed by atoms with E-state index in [9.17, 15) is 14.4 Å². The normalized spacial score (nSPS) is 15.9. The highest BCUT2D eigenvalue weighted by Gasteiger charge is 2.36. The molecule has 0 amide bonds. The first kappa shape index (κ1) is 26.7. The van der Waals surface area contributed by atoms with Crippen molar-refractivity contribution < 1.29 is 42.8 Å². The molecule has 3 atom stereocenters. The van der Waals surface area contributed by atoms with Crippen molar-refractivity contribution in [3.8, 4) is 0 Å².